The normalized spacial score (nSPS) is 17.3. The van der Waals surface area contributed by atoms with Crippen LogP contribution in [0.3, 0.4) is 0 Å². The van der Waals surface area contributed by atoms with Gasteiger partial charge >= 0.3 is 0 Å². The maximum absolute atomic E-state index is 4.69. The number of hydrogen-bond donors (Lipinski definition) is 2. The summed E-state index contributed by atoms with van der Waals surface area (Å²) in [6.07, 6.45) is 4.13. The number of nitrogens with zero attached hydrogens (tertiary/aromatic N) is 5. The molecule has 21 heavy (non-hydrogen) atoms. The molecule has 2 aromatic rings. The Hall–Kier alpha value is -1.89. The molecule has 0 radical (unpaired) electrons. The van der Waals surface area contributed by atoms with E-state index in [1.54, 1.807) is 0 Å². The Balaban J connectivity index is 1.92. The van der Waals surface area contributed by atoms with Gasteiger partial charge in [-0.15, -0.1) is 0 Å². The van der Waals surface area contributed by atoms with Crippen molar-refractivity contribution in [2.24, 2.45) is 0 Å². The lowest BCUT2D eigenvalue weighted by Gasteiger charge is -2.35. The molecule has 0 bridgehead atoms. The van der Waals surface area contributed by atoms with Crippen molar-refractivity contribution in [2.45, 2.75) is 25.8 Å². The maximum atomic E-state index is 4.69. The van der Waals surface area contributed by atoms with Crippen LogP contribution >= 0.6 is 0 Å². The van der Waals surface area contributed by atoms with Gasteiger partial charge in [0.15, 0.2) is 5.65 Å². The van der Waals surface area contributed by atoms with Crippen LogP contribution in [-0.4, -0.2) is 64.8 Å². The van der Waals surface area contributed by atoms with Crippen LogP contribution in [0.2, 0.25) is 0 Å². The fraction of sp³-hybridized carbons (Fsp3) is 0.643. The number of nitrogens with one attached hydrogen (secondary N) is 2. The summed E-state index contributed by atoms with van der Waals surface area (Å²) in [6, 6.07) is 0.517. The summed E-state index contributed by atoms with van der Waals surface area (Å²) in [7, 11) is 4.30. The number of aromatic nitrogens is 4. The van der Waals surface area contributed by atoms with E-state index in [4.69, 9.17) is 0 Å². The van der Waals surface area contributed by atoms with E-state index in [-0.39, 0.29) is 0 Å². The topological polar surface area (TPSA) is 73.0 Å². The molecule has 7 nitrogen and oxygen atoms in total. The Bertz CT molecular complexity index is 600. The minimum absolute atomic E-state index is 0.517. The van der Waals surface area contributed by atoms with Crippen LogP contribution in [0.5, 0.6) is 0 Å². The molecule has 2 N–H and O–H groups in total. The van der Waals surface area contributed by atoms with E-state index in [1.165, 1.54) is 0 Å². The van der Waals surface area contributed by atoms with Gasteiger partial charge in [0.2, 0.25) is 5.95 Å². The van der Waals surface area contributed by atoms with E-state index in [9.17, 15) is 0 Å². The largest absolute Gasteiger partial charge is 0.356 e. The van der Waals surface area contributed by atoms with Crippen LogP contribution in [0.15, 0.2) is 6.20 Å². The first-order chi connectivity index (χ1) is 10.2. The SMILES string of the molecule is CCNc1nc(N(C)C2CCN(C)CC2)c2cn[nH]c2n1. The third kappa shape index (κ3) is 2.78. The van der Waals surface area contributed by atoms with E-state index in [0.717, 1.165) is 49.3 Å². The first kappa shape index (κ1) is 14.1. The summed E-state index contributed by atoms with van der Waals surface area (Å²) in [5, 5.41) is 11.2. The highest BCUT2D eigenvalue weighted by Gasteiger charge is 2.23. The standard InChI is InChI=1S/C14H23N7/c1-4-15-14-17-12-11(9-16-19-12)13(18-14)21(3)10-5-7-20(2)8-6-10/h9-10H,4-8H2,1-3H3,(H2,15,16,17,18,19). The average molecular weight is 289 g/mol. The van der Waals surface area contributed by atoms with Gasteiger partial charge in [0.25, 0.3) is 0 Å². The molecule has 1 aliphatic rings. The first-order valence-corrected chi connectivity index (χ1v) is 7.55. The van der Waals surface area contributed by atoms with Crippen LogP contribution in [0.1, 0.15) is 19.8 Å². The van der Waals surface area contributed by atoms with Crippen molar-refractivity contribution in [3.05, 3.63) is 6.20 Å². The molecule has 0 spiro atoms. The van der Waals surface area contributed by atoms with Crippen LogP contribution in [0.4, 0.5) is 11.8 Å². The predicted octanol–water partition coefficient (Wildman–Crippen LogP) is 1.32. The number of piperidine rings is 1. The molecule has 0 unspecified atom stereocenters. The zero-order valence-electron chi connectivity index (χ0n) is 12.9. The summed E-state index contributed by atoms with van der Waals surface area (Å²) in [4.78, 5) is 13.8. The second-order valence-electron chi connectivity index (χ2n) is 5.68. The van der Waals surface area contributed by atoms with Gasteiger partial charge in [-0.05, 0) is 39.9 Å². The van der Waals surface area contributed by atoms with Crippen LogP contribution in [0, 0.1) is 0 Å². The molecular formula is C14H23N7. The molecule has 1 fully saturated rings. The molecule has 114 valence electrons. The lowest BCUT2D eigenvalue weighted by Crippen LogP contribution is -2.42. The third-order valence-electron chi connectivity index (χ3n) is 4.19. The number of H-pyrrole nitrogens is 1. The summed E-state index contributed by atoms with van der Waals surface area (Å²) in [5.41, 5.74) is 0.788. The van der Waals surface area contributed by atoms with Crippen LogP contribution < -0.4 is 10.2 Å². The van der Waals surface area contributed by atoms with Crippen molar-refractivity contribution >= 4 is 22.8 Å². The second-order valence-corrected chi connectivity index (χ2v) is 5.68. The van der Waals surface area contributed by atoms with Gasteiger partial charge in [0, 0.05) is 19.6 Å². The van der Waals surface area contributed by atoms with Crippen LogP contribution in [0.25, 0.3) is 11.0 Å². The van der Waals surface area contributed by atoms with Gasteiger partial charge in [0.05, 0.1) is 11.6 Å². The van der Waals surface area contributed by atoms with E-state index < -0.39 is 0 Å². The zero-order valence-corrected chi connectivity index (χ0v) is 12.9. The number of likely N-dealkylation sites (tertiary alicyclic amines) is 1. The second kappa shape index (κ2) is 5.85. The highest BCUT2D eigenvalue weighted by molar-refractivity contribution is 5.87. The molecule has 0 saturated carbocycles. The molecule has 3 heterocycles. The molecule has 7 heteroatoms. The molecule has 3 rings (SSSR count). The van der Waals surface area contributed by atoms with Gasteiger partial charge in [-0.1, -0.05) is 0 Å². The van der Waals surface area contributed by atoms with Gasteiger partial charge in [-0.25, -0.2) is 0 Å². The van der Waals surface area contributed by atoms with Gasteiger partial charge < -0.3 is 15.1 Å². The monoisotopic (exact) mass is 289 g/mol. The van der Waals surface area contributed by atoms with Gasteiger partial charge in [-0.2, -0.15) is 15.1 Å². The van der Waals surface area contributed by atoms with Crippen molar-refractivity contribution in [1.29, 1.82) is 0 Å². The average Bonchev–Trinajstić information content (AvgIpc) is 2.95. The highest BCUT2D eigenvalue weighted by atomic mass is 15.3. The Morgan fingerprint density at radius 2 is 2.14 bits per heavy atom. The molecule has 0 aliphatic carbocycles. The van der Waals surface area contributed by atoms with E-state index in [1.807, 2.05) is 13.1 Å². The zero-order chi connectivity index (χ0) is 14.8. The smallest absolute Gasteiger partial charge is 0.226 e. The number of anilines is 2. The van der Waals surface area contributed by atoms with Crippen LogP contribution in [-0.2, 0) is 0 Å². The summed E-state index contributed by atoms with van der Waals surface area (Å²) in [6.45, 7) is 5.11. The Morgan fingerprint density at radius 1 is 1.38 bits per heavy atom. The fourth-order valence-corrected chi connectivity index (χ4v) is 2.88. The number of rotatable bonds is 4. The van der Waals surface area contributed by atoms with Crippen molar-refractivity contribution in [2.75, 3.05) is 43.9 Å². The molecule has 2 aromatic heterocycles. The molecule has 1 aliphatic heterocycles. The Labute approximate surface area is 124 Å². The minimum atomic E-state index is 0.517. The van der Waals surface area contributed by atoms with E-state index in [0.29, 0.717) is 12.0 Å². The Kier molecular flexibility index (Phi) is 3.92. The first-order valence-electron chi connectivity index (χ1n) is 7.55. The molecular weight excluding hydrogens is 266 g/mol. The molecule has 0 amide bonds. The van der Waals surface area contributed by atoms with Crippen molar-refractivity contribution in [3.63, 3.8) is 0 Å². The van der Waals surface area contributed by atoms with E-state index >= 15 is 0 Å². The number of hydrogen-bond acceptors (Lipinski definition) is 6. The fourth-order valence-electron chi connectivity index (χ4n) is 2.88. The molecule has 1 saturated heterocycles. The van der Waals surface area contributed by atoms with Gasteiger partial charge in [-0.3, -0.25) is 5.10 Å². The molecule has 0 atom stereocenters. The number of aromatic amines is 1. The highest BCUT2D eigenvalue weighted by Crippen LogP contribution is 2.27. The van der Waals surface area contributed by atoms with Crippen molar-refractivity contribution in [3.8, 4) is 0 Å². The minimum Gasteiger partial charge on any atom is -0.356 e. The van der Waals surface area contributed by atoms with Crippen molar-refractivity contribution in [1.82, 2.24) is 25.1 Å². The maximum Gasteiger partial charge on any atom is 0.226 e. The number of fused-ring (bicyclic) bond motifs is 1. The predicted molar refractivity (Wildman–Crippen MR) is 84.8 cm³/mol. The lowest BCUT2D eigenvalue weighted by molar-refractivity contribution is 0.252. The Morgan fingerprint density at radius 3 is 2.86 bits per heavy atom. The summed E-state index contributed by atoms with van der Waals surface area (Å²) < 4.78 is 0. The van der Waals surface area contributed by atoms with Crippen molar-refractivity contribution < 1.29 is 0 Å². The van der Waals surface area contributed by atoms with E-state index in [2.05, 4.69) is 49.4 Å². The quantitative estimate of drug-likeness (QED) is 0.884. The third-order valence-corrected chi connectivity index (χ3v) is 4.19. The molecule has 0 aromatic carbocycles. The van der Waals surface area contributed by atoms with Gasteiger partial charge in [0.1, 0.15) is 5.82 Å². The summed E-state index contributed by atoms with van der Waals surface area (Å²) in [5.74, 6) is 1.61. The summed E-state index contributed by atoms with van der Waals surface area (Å²) >= 11 is 0. The lowest BCUT2D eigenvalue weighted by atomic mass is 10.0.